The average Bonchev–Trinajstić information content (AvgIpc) is 0. The molecule has 0 unspecified atom stereocenters. The van der Waals surface area contributed by atoms with Gasteiger partial charge in [0.25, 0.3) is 0 Å². The molecule has 0 atom stereocenters. The molecule has 0 aliphatic heterocycles. The van der Waals surface area contributed by atoms with Crippen LogP contribution in [0.25, 0.3) is 0 Å². The second-order valence-electron chi connectivity index (χ2n) is 0. The molecule has 4 heteroatoms. The first-order chi connectivity index (χ1) is 0. The van der Waals surface area contributed by atoms with Crippen molar-refractivity contribution in [3.63, 3.8) is 0 Å². The standard InChI is InChI=1S/3Ag.BrH/h;;;1H. The average molecular weight is 405 g/mol. The second-order valence-corrected chi connectivity index (χ2v) is 0. The summed E-state index contributed by atoms with van der Waals surface area (Å²) in [5.74, 6) is 0. The second kappa shape index (κ2) is 17.3. The summed E-state index contributed by atoms with van der Waals surface area (Å²) in [6.45, 7) is 0. The maximum atomic E-state index is 0. The number of hydrogen-bond donors (Lipinski definition) is 0. The van der Waals surface area contributed by atoms with Gasteiger partial charge in [0.15, 0.2) is 0 Å². The van der Waals surface area contributed by atoms with Crippen molar-refractivity contribution in [2.24, 2.45) is 0 Å². The third-order valence-electron chi connectivity index (χ3n) is 0. The van der Waals surface area contributed by atoms with Gasteiger partial charge in [-0.15, -0.1) is 17.0 Å². The minimum atomic E-state index is 0. The van der Waals surface area contributed by atoms with E-state index in [9.17, 15) is 0 Å². The Morgan fingerprint density at radius 1 is 0.500 bits per heavy atom. The predicted octanol–water partition coefficient (Wildman–Crippen LogP) is 0.570. The van der Waals surface area contributed by atoms with Crippen LogP contribution in [0, 0.1) is 0 Å². The molecular formula is HAg3Br. The summed E-state index contributed by atoms with van der Waals surface area (Å²) in [6, 6.07) is 0. The summed E-state index contributed by atoms with van der Waals surface area (Å²) < 4.78 is 0. The zero-order chi connectivity index (χ0) is 0. The Bertz CT molecular complexity index is 3.25. The van der Waals surface area contributed by atoms with Gasteiger partial charge in [0.2, 0.25) is 0 Å². The van der Waals surface area contributed by atoms with E-state index in [-0.39, 0.29) is 84.1 Å². The Balaban J connectivity index is 0. The van der Waals surface area contributed by atoms with Crippen LogP contribution in [0.5, 0.6) is 0 Å². The molecule has 0 bridgehead atoms. The van der Waals surface area contributed by atoms with Crippen molar-refractivity contribution >= 4 is 17.0 Å². The smallest absolute Gasteiger partial charge is 0 e. The van der Waals surface area contributed by atoms with Crippen molar-refractivity contribution in [2.75, 3.05) is 0 Å². The van der Waals surface area contributed by atoms with Gasteiger partial charge in [-0.05, 0) is 0 Å². The zero-order valence-corrected chi connectivity index (χ0v) is 7.47. The van der Waals surface area contributed by atoms with E-state index in [2.05, 4.69) is 0 Å². The molecule has 0 aliphatic carbocycles. The van der Waals surface area contributed by atoms with Gasteiger partial charge in [-0.1, -0.05) is 0 Å². The van der Waals surface area contributed by atoms with E-state index in [1.807, 2.05) is 0 Å². The van der Waals surface area contributed by atoms with Crippen molar-refractivity contribution in [1.82, 2.24) is 0 Å². The molecule has 0 aromatic heterocycles. The van der Waals surface area contributed by atoms with Crippen LogP contribution < -0.4 is 0 Å². The third kappa shape index (κ3) is 8.83. The summed E-state index contributed by atoms with van der Waals surface area (Å²) in [4.78, 5) is 0. The van der Waals surface area contributed by atoms with E-state index >= 15 is 0 Å². The van der Waals surface area contributed by atoms with Crippen molar-refractivity contribution in [1.29, 1.82) is 0 Å². The molecule has 0 nitrogen and oxygen atoms in total. The predicted molar refractivity (Wildman–Crippen MR) is 10.3 cm³/mol. The van der Waals surface area contributed by atoms with Crippen LogP contribution in [-0.2, 0) is 67.1 Å². The normalized spacial score (nSPS) is 0. The fourth-order valence-corrected chi connectivity index (χ4v) is 0. The van der Waals surface area contributed by atoms with E-state index in [1.165, 1.54) is 0 Å². The molecule has 0 N–H and O–H groups in total. The molecule has 0 saturated carbocycles. The molecule has 3 radical (unpaired) electrons. The summed E-state index contributed by atoms with van der Waals surface area (Å²) >= 11 is 0. The molecule has 41 valence electrons. The molecule has 0 aromatic rings. The Hall–Kier alpha value is 2.70. The van der Waals surface area contributed by atoms with Crippen LogP contribution in [0.15, 0.2) is 0 Å². The molecule has 0 amide bonds. The minimum absolute atomic E-state index is 0. The molecule has 4 heavy (non-hydrogen) atoms. The topological polar surface area (TPSA) is 0 Å². The first-order valence-corrected chi connectivity index (χ1v) is 0. The van der Waals surface area contributed by atoms with Gasteiger partial charge in [0.1, 0.15) is 0 Å². The van der Waals surface area contributed by atoms with E-state index in [0.717, 1.165) is 0 Å². The van der Waals surface area contributed by atoms with Gasteiger partial charge in [0, 0.05) is 67.1 Å². The van der Waals surface area contributed by atoms with Crippen LogP contribution in [0.3, 0.4) is 0 Å². The van der Waals surface area contributed by atoms with Crippen LogP contribution >= 0.6 is 17.0 Å². The van der Waals surface area contributed by atoms with Gasteiger partial charge in [0.05, 0.1) is 0 Å². The molecule has 0 aromatic carbocycles. The fourth-order valence-electron chi connectivity index (χ4n) is 0. The summed E-state index contributed by atoms with van der Waals surface area (Å²) in [5.41, 5.74) is 0. The Morgan fingerprint density at radius 3 is 0.500 bits per heavy atom. The zero-order valence-electron chi connectivity index (χ0n) is 1.31. The Kier molecular flexibility index (Phi) is 129. The number of halogens is 1. The van der Waals surface area contributed by atoms with Gasteiger partial charge >= 0.3 is 0 Å². The Labute approximate surface area is 82.8 Å². The molecule has 0 rings (SSSR count). The van der Waals surface area contributed by atoms with Crippen molar-refractivity contribution in [3.8, 4) is 0 Å². The van der Waals surface area contributed by atoms with Crippen LogP contribution in [-0.4, -0.2) is 0 Å². The molecule has 0 heterocycles. The number of hydrogen-bond acceptors (Lipinski definition) is 0. The fraction of sp³-hybridized carbons (Fsp3) is 0. The Morgan fingerprint density at radius 2 is 0.500 bits per heavy atom. The van der Waals surface area contributed by atoms with E-state index in [1.54, 1.807) is 0 Å². The minimum Gasteiger partial charge on any atom is -0.114 e. The van der Waals surface area contributed by atoms with Gasteiger partial charge in [-0.25, -0.2) is 0 Å². The molecular weight excluding hydrogens is 404 g/mol. The monoisotopic (exact) mass is 401 g/mol. The molecule has 0 fully saturated rings. The van der Waals surface area contributed by atoms with Crippen molar-refractivity contribution < 1.29 is 67.1 Å². The summed E-state index contributed by atoms with van der Waals surface area (Å²) in [7, 11) is 0. The van der Waals surface area contributed by atoms with E-state index < -0.39 is 0 Å². The maximum absolute atomic E-state index is 0. The van der Waals surface area contributed by atoms with Gasteiger partial charge < -0.3 is 0 Å². The molecule has 0 aliphatic rings. The third-order valence-corrected chi connectivity index (χ3v) is 0. The van der Waals surface area contributed by atoms with Crippen molar-refractivity contribution in [3.05, 3.63) is 0 Å². The van der Waals surface area contributed by atoms with E-state index in [0.29, 0.717) is 0 Å². The number of rotatable bonds is 0. The van der Waals surface area contributed by atoms with Gasteiger partial charge in [-0.3, -0.25) is 0 Å². The van der Waals surface area contributed by atoms with Gasteiger partial charge in [-0.2, -0.15) is 0 Å². The van der Waals surface area contributed by atoms with Crippen molar-refractivity contribution in [2.45, 2.75) is 0 Å². The largest absolute Gasteiger partial charge is 0.114 e. The quantitative estimate of drug-likeness (QED) is 0.518. The maximum Gasteiger partial charge on any atom is 0 e. The van der Waals surface area contributed by atoms with E-state index in [4.69, 9.17) is 0 Å². The summed E-state index contributed by atoms with van der Waals surface area (Å²) in [6.07, 6.45) is 0. The van der Waals surface area contributed by atoms with Crippen LogP contribution in [0.2, 0.25) is 0 Å². The molecule has 0 spiro atoms. The molecule has 0 saturated heterocycles. The first kappa shape index (κ1) is 29.9. The van der Waals surface area contributed by atoms with Crippen LogP contribution in [0.4, 0.5) is 0 Å². The van der Waals surface area contributed by atoms with Crippen LogP contribution in [0.1, 0.15) is 0 Å². The first-order valence-electron chi connectivity index (χ1n) is 0. The SMILES string of the molecule is Br.[Ag].[Ag].[Ag]. The summed E-state index contributed by atoms with van der Waals surface area (Å²) in [5, 5.41) is 0.